The lowest BCUT2D eigenvalue weighted by Gasteiger charge is -2.41. The Bertz CT molecular complexity index is 501. The number of nitrogens with zero attached hydrogens (tertiary/aromatic N) is 3. The number of rotatable bonds is 5. The maximum absolute atomic E-state index is 4.62. The highest BCUT2D eigenvalue weighted by Crippen LogP contribution is 2.40. The fourth-order valence-corrected chi connectivity index (χ4v) is 4.00. The summed E-state index contributed by atoms with van der Waals surface area (Å²) in [6.07, 6.45) is 5.74. The third-order valence-electron chi connectivity index (χ3n) is 5.50. The minimum absolute atomic E-state index is 0.735. The lowest BCUT2D eigenvalue weighted by Crippen LogP contribution is -2.57. The predicted octanol–water partition coefficient (Wildman–Crippen LogP) is 2.17. The Labute approximate surface area is 127 Å². The van der Waals surface area contributed by atoms with Crippen LogP contribution in [0.3, 0.4) is 0 Å². The molecule has 3 fully saturated rings. The number of piperazine rings is 1. The third-order valence-corrected chi connectivity index (χ3v) is 5.50. The normalized spacial score (nSPS) is 30.8. The minimum Gasteiger partial charge on any atom is -0.311 e. The second-order valence-corrected chi connectivity index (χ2v) is 7.28. The molecule has 2 unspecified atom stereocenters. The Hall–Kier alpha value is -0.870. The van der Waals surface area contributed by atoms with Crippen molar-refractivity contribution < 1.29 is 0 Å². The Morgan fingerprint density at radius 2 is 2.00 bits per heavy atom. The van der Waals surface area contributed by atoms with E-state index in [-0.39, 0.29) is 0 Å². The van der Waals surface area contributed by atoms with Gasteiger partial charge in [-0.2, -0.15) is 5.10 Å². The van der Waals surface area contributed by atoms with E-state index in [4.69, 9.17) is 0 Å². The van der Waals surface area contributed by atoms with Gasteiger partial charge in [0.25, 0.3) is 0 Å². The van der Waals surface area contributed by atoms with Crippen molar-refractivity contribution in [1.29, 1.82) is 0 Å². The minimum atomic E-state index is 0.735. The van der Waals surface area contributed by atoms with Gasteiger partial charge in [-0.1, -0.05) is 0 Å². The Morgan fingerprint density at radius 3 is 2.67 bits per heavy atom. The van der Waals surface area contributed by atoms with E-state index in [0.29, 0.717) is 0 Å². The van der Waals surface area contributed by atoms with E-state index in [1.807, 2.05) is 0 Å². The van der Waals surface area contributed by atoms with Gasteiger partial charge in [-0.15, -0.1) is 0 Å². The standard InChI is InChI=1S/C17H28N4/c1-3-21-15(8-12(2)19-21)10-20-11-16(13-4-5-13)18-9-17(20)14-6-7-14/h8,13-14,16-18H,3-7,9-11H2,1-2H3. The molecule has 0 amide bonds. The first-order chi connectivity index (χ1) is 10.2. The summed E-state index contributed by atoms with van der Waals surface area (Å²) in [5.74, 6) is 1.89. The summed E-state index contributed by atoms with van der Waals surface area (Å²) in [5, 5.41) is 8.46. The smallest absolute Gasteiger partial charge is 0.0597 e. The van der Waals surface area contributed by atoms with Gasteiger partial charge in [-0.05, 0) is 57.4 Å². The molecular formula is C17H28N4. The first-order valence-electron chi connectivity index (χ1n) is 8.75. The summed E-state index contributed by atoms with van der Waals surface area (Å²) >= 11 is 0. The number of hydrogen-bond acceptors (Lipinski definition) is 3. The van der Waals surface area contributed by atoms with Gasteiger partial charge in [0, 0.05) is 38.3 Å². The fourth-order valence-electron chi connectivity index (χ4n) is 4.00. The highest BCUT2D eigenvalue weighted by molar-refractivity contribution is 5.10. The van der Waals surface area contributed by atoms with Crippen molar-refractivity contribution in [3.05, 3.63) is 17.5 Å². The first-order valence-corrected chi connectivity index (χ1v) is 8.75. The van der Waals surface area contributed by atoms with E-state index < -0.39 is 0 Å². The van der Waals surface area contributed by atoms with Gasteiger partial charge >= 0.3 is 0 Å². The van der Waals surface area contributed by atoms with Gasteiger partial charge in [0.2, 0.25) is 0 Å². The van der Waals surface area contributed by atoms with E-state index in [9.17, 15) is 0 Å². The predicted molar refractivity (Wildman–Crippen MR) is 84.1 cm³/mol. The maximum Gasteiger partial charge on any atom is 0.0597 e. The highest BCUT2D eigenvalue weighted by atomic mass is 15.3. The average Bonchev–Trinajstić information content (AvgIpc) is 3.37. The molecule has 2 saturated carbocycles. The lowest BCUT2D eigenvalue weighted by molar-refractivity contribution is 0.0975. The van der Waals surface area contributed by atoms with Crippen molar-refractivity contribution in [2.75, 3.05) is 13.1 Å². The van der Waals surface area contributed by atoms with Crippen LogP contribution in [0.4, 0.5) is 0 Å². The zero-order chi connectivity index (χ0) is 14.4. The van der Waals surface area contributed by atoms with Crippen molar-refractivity contribution in [1.82, 2.24) is 20.0 Å². The van der Waals surface area contributed by atoms with Crippen molar-refractivity contribution >= 4 is 0 Å². The molecule has 116 valence electrons. The Kier molecular flexibility index (Phi) is 3.54. The number of hydrogen-bond donors (Lipinski definition) is 1. The molecule has 2 aliphatic carbocycles. The molecule has 1 aliphatic heterocycles. The zero-order valence-electron chi connectivity index (χ0n) is 13.4. The van der Waals surface area contributed by atoms with Crippen LogP contribution >= 0.6 is 0 Å². The average molecular weight is 288 g/mol. The zero-order valence-corrected chi connectivity index (χ0v) is 13.4. The van der Waals surface area contributed by atoms with Gasteiger partial charge in [-0.3, -0.25) is 9.58 Å². The molecule has 2 atom stereocenters. The molecule has 1 saturated heterocycles. The molecule has 0 spiro atoms. The molecule has 4 nitrogen and oxygen atoms in total. The quantitative estimate of drug-likeness (QED) is 0.901. The van der Waals surface area contributed by atoms with Gasteiger partial charge in [-0.25, -0.2) is 0 Å². The summed E-state index contributed by atoms with van der Waals surface area (Å²) in [6.45, 7) is 8.80. The van der Waals surface area contributed by atoms with E-state index in [1.54, 1.807) is 0 Å². The largest absolute Gasteiger partial charge is 0.311 e. The van der Waals surface area contributed by atoms with Crippen LogP contribution in [0.5, 0.6) is 0 Å². The van der Waals surface area contributed by atoms with Gasteiger partial charge < -0.3 is 5.32 Å². The van der Waals surface area contributed by atoms with Crippen LogP contribution in [-0.2, 0) is 13.1 Å². The molecule has 0 bridgehead atoms. The van der Waals surface area contributed by atoms with Gasteiger partial charge in [0.15, 0.2) is 0 Å². The molecule has 1 N–H and O–H groups in total. The van der Waals surface area contributed by atoms with E-state index >= 15 is 0 Å². The summed E-state index contributed by atoms with van der Waals surface area (Å²) in [7, 11) is 0. The Balaban J connectivity index is 1.50. The molecule has 4 rings (SSSR count). The van der Waals surface area contributed by atoms with E-state index in [0.717, 1.165) is 42.7 Å². The van der Waals surface area contributed by atoms with Crippen LogP contribution in [0.25, 0.3) is 0 Å². The summed E-state index contributed by atoms with van der Waals surface area (Å²) in [5.41, 5.74) is 2.56. The maximum atomic E-state index is 4.62. The topological polar surface area (TPSA) is 33.1 Å². The second kappa shape index (κ2) is 5.40. The highest BCUT2D eigenvalue weighted by Gasteiger charge is 2.42. The van der Waals surface area contributed by atoms with Crippen LogP contribution < -0.4 is 5.32 Å². The molecule has 0 aromatic carbocycles. The van der Waals surface area contributed by atoms with Crippen LogP contribution in [-0.4, -0.2) is 39.9 Å². The van der Waals surface area contributed by atoms with Gasteiger partial charge in [0.1, 0.15) is 0 Å². The fraction of sp³-hybridized carbons (Fsp3) is 0.824. The molecule has 1 aromatic rings. The van der Waals surface area contributed by atoms with Crippen molar-refractivity contribution in [3.8, 4) is 0 Å². The monoisotopic (exact) mass is 288 g/mol. The van der Waals surface area contributed by atoms with Crippen LogP contribution in [0, 0.1) is 18.8 Å². The van der Waals surface area contributed by atoms with E-state index in [1.165, 1.54) is 44.5 Å². The number of nitrogens with one attached hydrogen (secondary N) is 1. The van der Waals surface area contributed by atoms with Gasteiger partial charge in [0.05, 0.1) is 11.4 Å². The molecule has 21 heavy (non-hydrogen) atoms. The third kappa shape index (κ3) is 2.88. The molecule has 2 heterocycles. The van der Waals surface area contributed by atoms with Crippen molar-refractivity contribution in [2.45, 2.75) is 64.7 Å². The number of aryl methyl sites for hydroxylation is 2. The van der Waals surface area contributed by atoms with E-state index in [2.05, 4.69) is 39.9 Å². The van der Waals surface area contributed by atoms with Crippen LogP contribution in [0.1, 0.15) is 44.0 Å². The van der Waals surface area contributed by atoms with Crippen molar-refractivity contribution in [3.63, 3.8) is 0 Å². The van der Waals surface area contributed by atoms with Crippen LogP contribution in [0.2, 0.25) is 0 Å². The summed E-state index contributed by atoms with van der Waals surface area (Å²) < 4.78 is 2.19. The Morgan fingerprint density at radius 1 is 1.24 bits per heavy atom. The van der Waals surface area contributed by atoms with Crippen molar-refractivity contribution in [2.24, 2.45) is 11.8 Å². The second-order valence-electron chi connectivity index (χ2n) is 7.28. The molecule has 1 aromatic heterocycles. The van der Waals surface area contributed by atoms with Crippen LogP contribution in [0.15, 0.2) is 6.07 Å². The molecule has 4 heteroatoms. The molecular weight excluding hydrogens is 260 g/mol. The first kappa shape index (κ1) is 13.8. The molecule has 0 radical (unpaired) electrons. The summed E-state index contributed by atoms with van der Waals surface area (Å²) in [6, 6.07) is 3.77. The lowest BCUT2D eigenvalue weighted by atomic mass is 10.0. The number of aromatic nitrogens is 2. The summed E-state index contributed by atoms with van der Waals surface area (Å²) in [4.78, 5) is 2.76. The SMILES string of the molecule is CCn1nc(C)cc1CN1CC(C2CC2)NCC1C1CC1. The molecule has 3 aliphatic rings.